The third kappa shape index (κ3) is 3.53. The summed E-state index contributed by atoms with van der Waals surface area (Å²) in [7, 11) is 0. The smallest absolute Gasteiger partial charge is 0.312 e. The van der Waals surface area contributed by atoms with Gasteiger partial charge in [-0.15, -0.1) is 0 Å². The predicted octanol–water partition coefficient (Wildman–Crippen LogP) is 4.08. The van der Waals surface area contributed by atoms with Crippen LogP contribution in [0.2, 0.25) is 0 Å². The van der Waals surface area contributed by atoms with Crippen LogP contribution in [0.25, 0.3) is 0 Å². The number of esters is 1. The molecule has 4 aliphatic rings. The van der Waals surface area contributed by atoms with E-state index in [9.17, 15) is 9.59 Å². The lowest BCUT2D eigenvalue weighted by molar-refractivity contribution is -0.178. The Balaban J connectivity index is 1.46. The van der Waals surface area contributed by atoms with Crippen molar-refractivity contribution in [2.75, 3.05) is 11.4 Å². The fourth-order valence-corrected chi connectivity index (χ4v) is 6.05. The SMILES string of the molecule is CC(OC(=O)C12CC3CC(CC(C3)C1)C2)C(=O)N(CCC#N)c1ccccc1. The molecule has 0 heterocycles. The van der Waals surface area contributed by atoms with Gasteiger partial charge in [-0.3, -0.25) is 9.59 Å². The van der Waals surface area contributed by atoms with Crippen molar-refractivity contribution in [2.24, 2.45) is 23.2 Å². The molecule has 0 N–H and O–H groups in total. The van der Waals surface area contributed by atoms with Crippen molar-refractivity contribution in [3.05, 3.63) is 30.3 Å². The highest BCUT2D eigenvalue weighted by Crippen LogP contribution is 2.60. The number of amides is 1. The Morgan fingerprint density at radius 3 is 2.25 bits per heavy atom. The monoisotopic (exact) mass is 380 g/mol. The molecule has 5 heteroatoms. The summed E-state index contributed by atoms with van der Waals surface area (Å²) in [5, 5.41) is 8.95. The first-order chi connectivity index (χ1) is 13.5. The van der Waals surface area contributed by atoms with E-state index >= 15 is 0 Å². The van der Waals surface area contributed by atoms with Gasteiger partial charge in [0.2, 0.25) is 0 Å². The summed E-state index contributed by atoms with van der Waals surface area (Å²) in [5.74, 6) is 1.52. The Labute approximate surface area is 166 Å². The highest BCUT2D eigenvalue weighted by atomic mass is 16.5. The van der Waals surface area contributed by atoms with Crippen LogP contribution in [-0.4, -0.2) is 24.5 Å². The number of para-hydroxylation sites is 1. The summed E-state index contributed by atoms with van der Waals surface area (Å²) in [6.45, 7) is 1.95. The Kier molecular flexibility index (Phi) is 5.14. The first kappa shape index (κ1) is 19.0. The summed E-state index contributed by atoms with van der Waals surface area (Å²) >= 11 is 0. The van der Waals surface area contributed by atoms with Crippen molar-refractivity contribution >= 4 is 17.6 Å². The summed E-state index contributed by atoms with van der Waals surface area (Å²) in [5.41, 5.74) is 0.355. The van der Waals surface area contributed by atoms with E-state index in [0.717, 1.165) is 24.9 Å². The molecular formula is C23H28N2O3. The van der Waals surface area contributed by atoms with Crippen LogP contribution in [0.5, 0.6) is 0 Å². The van der Waals surface area contributed by atoms with Crippen LogP contribution in [0.4, 0.5) is 5.69 Å². The topological polar surface area (TPSA) is 70.4 Å². The van der Waals surface area contributed by atoms with Crippen LogP contribution in [0.1, 0.15) is 51.9 Å². The molecule has 1 aromatic rings. The first-order valence-electron chi connectivity index (χ1n) is 10.5. The molecule has 5 nitrogen and oxygen atoms in total. The second-order valence-corrected chi connectivity index (χ2v) is 8.98. The van der Waals surface area contributed by atoms with Crippen molar-refractivity contribution in [1.29, 1.82) is 5.26 Å². The third-order valence-electron chi connectivity index (χ3n) is 6.88. The van der Waals surface area contributed by atoms with Crippen LogP contribution in [0.3, 0.4) is 0 Å². The molecule has 1 aromatic carbocycles. The maximum Gasteiger partial charge on any atom is 0.312 e. The number of benzene rings is 1. The average molecular weight is 380 g/mol. The zero-order chi connectivity index (χ0) is 19.7. The predicted molar refractivity (Wildman–Crippen MR) is 105 cm³/mol. The van der Waals surface area contributed by atoms with Gasteiger partial charge in [0, 0.05) is 12.2 Å². The van der Waals surface area contributed by atoms with Crippen LogP contribution in [0.15, 0.2) is 30.3 Å². The Hall–Kier alpha value is -2.35. The fourth-order valence-electron chi connectivity index (χ4n) is 6.05. The van der Waals surface area contributed by atoms with Gasteiger partial charge in [0.25, 0.3) is 5.91 Å². The maximum atomic E-state index is 13.1. The average Bonchev–Trinajstić information content (AvgIpc) is 2.68. The van der Waals surface area contributed by atoms with E-state index < -0.39 is 6.10 Å². The largest absolute Gasteiger partial charge is 0.452 e. The number of ether oxygens (including phenoxy) is 1. The molecule has 0 aliphatic heterocycles. The molecule has 1 atom stereocenters. The number of nitrogens with zero attached hydrogens (tertiary/aromatic N) is 2. The minimum absolute atomic E-state index is 0.180. The van der Waals surface area contributed by atoms with Crippen LogP contribution in [0, 0.1) is 34.5 Å². The van der Waals surface area contributed by atoms with E-state index in [1.165, 1.54) is 19.3 Å². The minimum atomic E-state index is -0.848. The molecule has 4 aliphatic carbocycles. The summed E-state index contributed by atoms with van der Waals surface area (Å²) in [6, 6.07) is 11.4. The number of hydrogen-bond donors (Lipinski definition) is 0. The number of carbonyl (C=O) groups is 2. The van der Waals surface area contributed by atoms with E-state index in [4.69, 9.17) is 10.00 Å². The normalized spacial score (nSPS) is 31.1. The Bertz CT molecular complexity index is 748. The van der Waals surface area contributed by atoms with E-state index in [1.807, 2.05) is 30.3 Å². The molecule has 0 aromatic heterocycles. The highest BCUT2D eigenvalue weighted by Gasteiger charge is 2.55. The van der Waals surface area contributed by atoms with Crippen molar-refractivity contribution in [1.82, 2.24) is 0 Å². The second kappa shape index (κ2) is 7.58. The lowest BCUT2D eigenvalue weighted by atomic mass is 9.49. The number of carbonyl (C=O) groups excluding carboxylic acids is 2. The molecule has 4 saturated carbocycles. The van der Waals surface area contributed by atoms with Gasteiger partial charge in [-0.1, -0.05) is 18.2 Å². The van der Waals surface area contributed by atoms with Crippen LogP contribution >= 0.6 is 0 Å². The molecule has 0 saturated heterocycles. The highest BCUT2D eigenvalue weighted by molar-refractivity contribution is 5.97. The lowest BCUT2D eigenvalue weighted by Gasteiger charge is -2.55. The van der Waals surface area contributed by atoms with Crippen molar-refractivity contribution in [3.63, 3.8) is 0 Å². The van der Waals surface area contributed by atoms with Gasteiger partial charge < -0.3 is 9.64 Å². The lowest BCUT2D eigenvalue weighted by Crippen LogP contribution is -2.52. The second-order valence-electron chi connectivity index (χ2n) is 8.98. The molecule has 5 rings (SSSR count). The summed E-state index contributed by atoms with van der Waals surface area (Å²) in [4.78, 5) is 27.7. The quantitative estimate of drug-likeness (QED) is 0.697. The van der Waals surface area contributed by atoms with Gasteiger partial charge in [0.15, 0.2) is 6.10 Å². The van der Waals surface area contributed by atoms with Gasteiger partial charge in [-0.2, -0.15) is 5.26 Å². The van der Waals surface area contributed by atoms with Crippen LogP contribution in [-0.2, 0) is 14.3 Å². The van der Waals surface area contributed by atoms with Crippen LogP contribution < -0.4 is 4.90 Å². The zero-order valence-electron chi connectivity index (χ0n) is 16.5. The van der Waals surface area contributed by atoms with Gasteiger partial charge in [0.1, 0.15) is 0 Å². The first-order valence-corrected chi connectivity index (χ1v) is 10.5. The van der Waals surface area contributed by atoms with E-state index in [0.29, 0.717) is 24.3 Å². The van der Waals surface area contributed by atoms with E-state index in [-0.39, 0.29) is 23.7 Å². The minimum Gasteiger partial charge on any atom is -0.452 e. The standard InChI is InChI=1S/C23H28N2O3/c1-16(21(26)25(9-5-8-24)20-6-3-2-4-7-20)28-22(27)23-13-17-10-18(14-23)12-19(11-17)15-23/h2-4,6-7,16-19H,5,9-15H2,1H3. The number of rotatable bonds is 6. The Morgan fingerprint density at radius 1 is 1.14 bits per heavy atom. The fraction of sp³-hybridized carbons (Fsp3) is 0.609. The van der Waals surface area contributed by atoms with Crippen molar-refractivity contribution < 1.29 is 14.3 Å². The van der Waals surface area contributed by atoms with E-state index in [2.05, 4.69) is 6.07 Å². The molecule has 0 spiro atoms. The molecule has 28 heavy (non-hydrogen) atoms. The van der Waals surface area contributed by atoms with Crippen molar-refractivity contribution in [3.8, 4) is 6.07 Å². The molecule has 1 unspecified atom stereocenters. The molecular weight excluding hydrogens is 352 g/mol. The van der Waals surface area contributed by atoms with Gasteiger partial charge in [-0.05, 0) is 75.3 Å². The number of nitriles is 1. The molecule has 148 valence electrons. The summed E-state index contributed by atoms with van der Waals surface area (Å²) in [6.07, 6.45) is 5.95. The number of hydrogen-bond acceptors (Lipinski definition) is 4. The van der Waals surface area contributed by atoms with Gasteiger partial charge >= 0.3 is 5.97 Å². The van der Waals surface area contributed by atoms with Gasteiger partial charge in [0.05, 0.1) is 17.9 Å². The van der Waals surface area contributed by atoms with Crippen molar-refractivity contribution in [2.45, 2.75) is 58.0 Å². The Morgan fingerprint density at radius 2 is 1.71 bits per heavy atom. The molecule has 1 amide bonds. The number of anilines is 1. The zero-order valence-corrected chi connectivity index (χ0v) is 16.5. The molecule has 4 fully saturated rings. The maximum absolute atomic E-state index is 13.1. The summed E-state index contributed by atoms with van der Waals surface area (Å²) < 4.78 is 5.77. The molecule has 0 radical (unpaired) electrons. The van der Waals surface area contributed by atoms with E-state index in [1.54, 1.807) is 11.8 Å². The third-order valence-corrected chi connectivity index (χ3v) is 6.88. The molecule has 4 bridgehead atoms. The van der Waals surface area contributed by atoms with Gasteiger partial charge in [-0.25, -0.2) is 0 Å².